The maximum absolute atomic E-state index is 12.2. The monoisotopic (exact) mass is 334 g/mol. The van der Waals surface area contributed by atoms with E-state index in [4.69, 9.17) is 0 Å². The van der Waals surface area contributed by atoms with Gasteiger partial charge in [0, 0.05) is 17.3 Å². The second-order valence-electron chi connectivity index (χ2n) is 5.71. The van der Waals surface area contributed by atoms with Gasteiger partial charge < -0.3 is 0 Å². The predicted octanol–water partition coefficient (Wildman–Crippen LogP) is 2.25. The normalized spacial score (nSPS) is 10.5. The van der Waals surface area contributed by atoms with Crippen molar-refractivity contribution < 1.29 is 9.59 Å². The van der Waals surface area contributed by atoms with Crippen LogP contribution < -0.4 is 10.9 Å². The number of carbonyl (C=O) groups excluding carboxylic acids is 2. The first kappa shape index (κ1) is 16.6. The average Bonchev–Trinajstić information content (AvgIpc) is 2.64. The number of para-hydroxylation sites is 1. The Balaban J connectivity index is 1.71. The number of nitrogens with one attached hydrogen (secondary N) is 2. The third-order valence-corrected chi connectivity index (χ3v) is 4.04. The smallest absolute Gasteiger partial charge is 0.273 e. The number of nitrogens with zero attached hydrogens (tertiary/aromatic N) is 2. The number of hydrazine groups is 1. The summed E-state index contributed by atoms with van der Waals surface area (Å²) >= 11 is 0. The van der Waals surface area contributed by atoms with Gasteiger partial charge in [0.25, 0.3) is 5.91 Å². The molecule has 3 rings (SSSR count). The van der Waals surface area contributed by atoms with E-state index in [1.807, 2.05) is 38.1 Å². The van der Waals surface area contributed by atoms with E-state index in [1.54, 1.807) is 18.2 Å². The van der Waals surface area contributed by atoms with E-state index >= 15 is 0 Å². The molecule has 0 bridgehead atoms. The van der Waals surface area contributed by atoms with Gasteiger partial charge in [-0.1, -0.05) is 24.3 Å². The van der Waals surface area contributed by atoms with Crippen LogP contribution in [0.2, 0.25) is 0 Å². The third-order valence-electron chi connectivity index (χ3n) is 4.04. The maximum atomic E-state index is 12.2. The van der Waals surface area contributed by atoms with Gasteiger partial charge in [-0.3, -0.25) is 30.4 Å². The summed E-state index contributed by atoms with van der Waals surface area (Å²) in [5.74, 6) is -0.772. The van der Waals surface area contributed by atoms with Gasteiger partial charge in [-0.15, -0.1) is 0 Å². The average molecular weight is 334 g/mol. The van der Waals surface area contributed by atoms with Crippen LogP contribution in [-0.4, -0.2) is 21.8 Å². The molecule has 0 saturated heterocycles. The highest BCUT2D eigenvalue weighted by molar-refractivity contribution is 5.94. The van der Waals surface area contributed by atoms with Gasteiger partial charge >= 0.3 is 0 Å². The van der Waals surface area contributed by atoms with E-state index in [0.29, 0.717) is 0 Å². The molecule has 2 aromatic heterocycles. The fourth-order valence-electron chi connectivity index (χ4n) is 2.72. The molecule has 6 nitrogen and oxygen atoms in total. The summed E-state index contributed by atoms with van der Waals surface area (Å²) in [4.78, 5) is 32.6. The summed E-state index contributed by atoms with van der Waals surface area (Å²) < 4.78 is 0. The zero-order valence-electron chi connectivity index (χ0n) is 14.0. The minimum absolute atomic E-state index is 0.137. The maximum Gasteiger partial charge on any atom is 0.288 e. The van der Waals surface area contributed by atoms with Crippen LogP contribution in [-0.2, 0) is 11.2 Å². The van der Waals surface area contributed by atoms with Crippen LogP contribution in [0.5, 0.6) is 0 Å². The first-order valence-electron chi connectivity index (χ1n) is 7.91. The summed E-state index contributed by atoms with van der Waals surface area (Å²) in [5, 5.41) is 1.02. The number of rotatable bonds is 3. The molecule has 1 aromatic carbocycles. The molecule has 0 saturated carbocycles. The number of benzene rings is 1. The molecule has 126 valence electrons. The first-order valence-corrected chi connectivity index (χ1v) is 7.91. The van der Waals surface area contributed by atoms with Crippen molar-refractivity contribution in [1.29, 1.82) is 0 Å². The Morgan fingerprint density at radius 1 is 1.00 bits per heavy atom. The van der Waals surface area contributed by atoms with Crippen LogP contribution in [0.15, 0.2) is 48.7 Å². The van der Waals surface area contributed by atoms with Crippen LogP contribution in [0.25, 0.3) is 10.9 Å². The summed E-state index contributed by atoms with van der Waals surface area (Å²) in [6.45, 7) is 3.86. The molecule has 0 aliphatic carbocycles. The fourth-order valence-corrected chi connectivity index (χ4v) is 2.72. The van der Waals surface area contributed by atoms with Crippen LogP contribution in [0.4, 0.5) is 0 Å². The van der Waals surface area contributed by atoms with Crippen molar-refractivity contribution >= 4 is 22.7 Å². The lowest BCUT2D eigenvalue weighted by atomic mass is 9.99. The molecule has 2 N–H and O–H groups in total. The summed E-state index contributed by atoms with van der Waals surface area (Å²) in [7, 11) is 0. The fraction of sp³-hybridized carbons (Fsp3) is 0.158. The summed E-state index contributed by atoms with van der Waals surface area (Å²) in [6, 6.07) is 12.8. The summed E-state index contributed by atoms with van der Waals surface area (Å²) in [5.41, 5.74) is 8.64. The standard InChI is InChI=1S/C19H18N4O2/c1-12-14-7-3-4-8-16(14)21-13(2)15(12)11-18(24)22-23-19(25)17-9-5-6-10-20-17/h3-10H,11H2,1-2H3,(H,22,24)(H,23,25). The Labute approximate surface area is 145 Å². The Bertz CT molecular complexity index is 939. The highest BCUT2D eigenvalue weighted by atomic mass is 16.2. The first-order chi connectivity index (χ1) is 12.1. The lowest BCUT2D eigenvalue weighted by Crippen LogP contribution is -2.42. The van der Waals surface area contributed by atoms with E-state index < -0.39 is 5.91 Å². The number of pyridine rings is 2. The van der Waals surface area contributed by atoms with Gasteiger partial charge in [0.2, 0.25) is 5.91 Å². The van der Waals surface area contributed by atoms with Crippen molar-refractivity contribution in [1.82, 2.24) is 20.8 Å². The quantitative estimate of drug-likeness (QED) is 0.720. The molecule has 0 radical (unpaired) electrons. The van der Waals surface area contributed by atoms with Gasteiger partial charge in [0.1, 0.15) is 5.69 Å². The minimum Gasteiger partial charge on any atom is -0.273 e. The highest BCUT2D eigenvalue weighted by Crippen LogP contribution is 2.22. The number of aromatic nitrogens is 2. The Morgan fingerprint density at radius 3 is 2.52 bits per heavy atom. The molecular formula is C19H18N4O2. The molecule has 0 unspecified atom stereocenters. The lowest BCUT2D eigenvalue weighted by molar-refractivity contribution is -0.121. The Morgan fingerprint density at radius 2 is 1.76 bits per heavy atom. The van der Waals surface area contributed by atoms with E-state index in [-0.39, 0.29) is 18.0 Å². The number of aryl methyl sites for hydroxylation is 2. The predicted molar refractivity (Wildman–Crippen MR) is 94.8 cm³/mol. The van der Waals surface area contributed by atoms with Crippen LogP contribution in [0, 0.1) is 13.8 Å². The summed E-state index contributed by atoms with van der Waals surface area (Å²) in [6.07, 6.45) is 1.65. The van der Waals surface area contributed by atoms with Gasteiger partial charge in [-0.25, -0.2) is 0 Å². The van der Waals surface area contributed by atoms with E-state index in [0.717, 1.165) is 27.7 Å². The Kier molecular flexibility index (Phi) is 4.70. The molecule has 0 aliphatic rings. The zero-order valence-corrected chi connectivity index (χ0v) is 14.0. The Hall–Kier alpha value is -3.28. The number of amides is 2. The molecule has 6 heteroatoms. The van der Waals surface area contributed by atoms with Gasteiger partial charge in [-0.05, 0) is 43.2 Å². The molecule has 0 fully saturated rings. The topological polar surface area (TPSA) is 84.0 Å². The number of carbonyl (C=O) groups is 2. The third kappa shape index (κ3) is 3.63. The highest BCUT2D eigenvalue weighted by Gasteiger charge is 2.14. The molecule has 0 spiro atoms. The molecule has 25 heavy (non-hydrogen) atoms. The van der Waals surface area contributed by atoms with Crippen LogP contribution in [0.1, 0.15) is 27.3 Å². The molecule has 0 atom stereocenters. The van der Waals surface area contributed by atoms with Crippen molar-refractivity contribution in [3.05, 3.63) is 71.2 Å². The largest absolute Gasteiger partial charge is 0.288 e. The van der Waals surface area contributed by atoms with Crippen molar-refractivity contribution in [3.63, 3.8) is 0 Å². The molecule has 0 aliphatic heterocycles. The molecular weight excluding hydrogens is 316 g/mol. The van der Waals surface area contributed by atoms with E-state index in [9.17, 15) is 9.59 Å². The number of fused-ring (bicyclic) bond motifs is 1. The molecule has 2 heterocycles. The molecule has 3 aromatic rings. The van der Waals surface area contributed by atoms with Gasteiger partial charge in [-0.2, -0.15) is 0 Å². The molecule has 2 amide bonds. The van der Waals surface area contributed by atoms with E-state index in [1.165, 1.54) is 6.20 Å². The SMILES string of the molecule is Cc1nc2ccccc2c(C)c1CC(=O)NNC(=O)c1ccccn1. The van der Waals surface area contributed by atoms with E-state index in [2.05, 4.69) is 20.8 Å². The second kappa shape index (κ2) is 7.09. The van der Waals surface area contributed by atoms with Crippen LogP contribution in [0.3, 0.4) is 0 Å². The van der Waals surface area contributed by atoms with Crippen molar-refractivity contribution in [2.75, 3.05) is 0 Å². The van der Waals surface area contributed by atoms with Crippen molar-refractivity contribution in [3.8, 4) is 0 Å². The lowest BCUT2D eigenvalue weighted by Gasteiger charge is -2.13. The zero-order chi connectivity index (χ0) is 17.8. The van der Waals surface area contributed by atoms with Crippen molar-refractivity contribution in [2.24, 2.45) is 0 Å². The number of hydrogen-bond donors (Lipinski definition) is 2. The van der Waals surface area contributed by atoms with Gasteiger partial charge in [0.05, 0.1) is 11.9 Å². The number of hydrogen-bond acceptors (Lipinski definition) is 4. The minimum atomic E-state index is -0.459. The van der Waals surface area contributed by atoms with Crippen LogP contribution >= 0.6 is 0 Å². The second-order valence-corrected chi connectivity index (χ2v) is 5.71. The van der Waals surface area contributed by atoms with Crippen molar-refractivity contribution in [2.45, 2.75) is 20.3 Å². The van der Waals surface area contributed by atoms with Gasteiger partial charge in [0.15, 0.2) is 0 Å².